The molecular weight excluding hydrogens is 653 g/mol. The van der Waals surface area contributed by atoms with Crippen LogP contribution in [-0.4, -0.2) is 49.3 Å². The van der Waals surface area contributed by atoms with E-state index in [9.17, 15) is 19.0 Å². The maximum Gasteiger partial charge on any atom is 0.472 e. The van der Waals surface area contributed by atoms with Crippen LogP contribution in [0.5, 0.6) is 0 Å². The fourth-order valence-electron chi connectivity index (χ4n) is 5.29. The average molecular weight is 728 g/mol. The molecule has 0 amide bonds. The minimum Gasteiger partial charge on any atom is -0.462 e. The molecule has 50 heavy (non-hydrogen) atoms. The second-order valence-corrected chi connectivity index (χ2v) is 14.6. The fourth-order valence-corrected chi connectivity index (χ4v) is 6.05. The number of carbonyl (C=O) groups is 2. The number of phosphoric acid groups is 1. The molecule has 3 N–H and O–H groups in total. The third kappa shape index (κ3) is 36.0. The van der Waals surface area contributed by atoms with Crippen LogP contribution in [0.2, 0.25) is 0 Å². The lowest BCUT2D eigenvalue weighted by molar-refractivity contribution is -0.161. The summed E-state index contributed by atoms with van der Waals surface area (Å²) in [6.07, 6.45) is 39.2. The van der Waals surface area contributed by atoms with Crippen molar-refractivity contribution in [3.05, 3.63) is 36.5 Å². The molecule has 0 aliphatic heterocycles. The number of carbonyl (C=O) groups excluding carboxylic acids is 2. The van der Waals surface area contributed by atoms with Crippen molar-refractivity contribution in [3.8, 4) is 0 Å². The molecule has 0 aromatic heterocycles. The Morgan fingerprint density at radius 2 is 1.04 bits per heavy atom. The van der Waals surface area contributed by atoms with E-state index < -0.39 is 32.5 Å². The monoisotopic (exact) mass is 728 g/mol. The minimum atomic E-state index is -4.36. The summed E-state index contributed by atoms with van der Waals surface area (Å²) in [5, 5.41) is 0. The number of ether oxygens (including phenoxy) is 2. The van der Waals surface area contributed by atoms with Gasteiger partial charge >= 0.3 is 19.8 Å². The molecule has 292 valence electrons. The molecular formula is C40H74NO8P. The predicted molar refractivity (Wildman–Crippen MR) is 206 cm³/mol. The highest BCUT2D eigenvalue weighted by molar-refractivity contribution is 7.47. The van der Waals surface area contributed by atoms with Gasteiger partial charge in [0.2, 0.25) is 0 Å². The normalized spacial score (nSPS) is 13.8. The van der Waals surface area contributed by atoms with Crippen LogP contribution in [0.4, 0.5) is 0 Å². The highest BCUT2D eigenvalue weighted by Crippen LogP contribution is 2.43. The quantitative estimate of drug-likeness (QED) is 0.0277. The topological polar surface area (TPSA) is 134 Å². The zero-order valence-electron chi connectivity index (χ0n) is 31.9. The summed E-state index contributed by atoms with van der Waals surface area (Å²) < 4.78 is 32.5. The van der Waals surface area contributed by atoms with Gasteiger partial charge in [-0.05, 0) is 51.4 Å². The highest BCUT2D eigenvalue weighted by Gasteiger charge is 2.25. The first-order valence-electron chi connectivity index (χ1n) is 20.0. The first-order chi connectivity index (χ1) is 24.3. The lowest BCUT2D eigenvalue weighted by Gasteiger charge is -2.19. The van der Waals surface area contributed by atoms with Crippen LogP contribution in [0.3, 0.4) is 0 Å². The van der Waals surface area contributed by atoms with Crippen molar-refractivity contribution in [2.45, 2.75) is 180 Å². The molecule has 2 unspecified atom stereocenters. The summed E-state index contributed by atoms with van der Waals surface area (Å²) in [6.45, 7) is 3.63. The first-order valence-corrected chi connectivity index (χ1v) is 21.5. The lowest BCUT2D eigenvalue weighted by atomic mass is 10.1. The fraction of sp³-hybridized carbons (Fsp3) is 0.800. The van der Waals surface area contributed by atoms with Gasteiger partial charge in [-0.25, -0.2) is 4.57 Å². The van der Waals surface area contributed by atoms with E-state index in [2.05, 4.69) is 50.3 Å². The van der Waals surface area contributed by atoms with Gasteiger partial charge in [0.15, 0.2) is 6.10 Å². The van der Waals surface area contributed by atoms with Crippen LogP contribution in [0, 0.1) is 0 Å². The van der Waals surface area contributed by atoms with E-state index in [0.29, 0.717) is 6.42 Å². The van der Waals surface area contributed by atoms with Crippen molar-refractivity contribution in [1.82, 2.24) is 0 Å². The van der Waals surface area contributed by atoms with Crippen molar-refractivity contribution in [1.29, 1.82) is 0 Å². The predicted octanol–water partition coefficient (Wildman–Crippen LogP) is 11.0. The maximum atomic E-state index is 12.5. The SMILES string of the molecule is CCCCCCC/C=C\C/C=C\C/C=C\CCCCCCCCCCC(=O)OC(COC(=O)CCCCCCCC)COP(=O)(O)OCCN. The third-order valence-electron chi connectivity index (χ3n) is 8.28. The van der Waals surface area contributed by atoms with Gasteiger partial charge in [-0.15, -0.1) is 0 Å². The zero-order valence-corrected chi connectivity index (χ0v) is 32.8. The number of unbranched alkanes of at least 4 members (excludes halogenated alkanes) is 18. The molecule has 0 rings (SSSR count). The Morgan fingerprint density at radius 1 is 0.600 bits per heavy atom. The summed E-state index contributed by atoms with van der Waals surface area (Å²) in [7, 11) is -4.36. The highest BCUT2D eigenvalue weighted by atomic mass is 31.2. The Bertz CT molecular complexity index is 923. The van der Waals surface area contributed by atoms with Gasteiger partial charge in [0.05, 0.1) is 13.2 Å². The second kappa shape index (κ2) is 37.0. The van der Waals surface area contributed by atoms with Gasteiger partial charge in [0, 0.05) is 19.4 Å². The van der Waals surface area contributed by atoms with Crippen LogP contribution >= 0.6 is 7.82 Å². The molecule has 0 saturated heterocycles. The standard InChI is InChI=1S/C40H74NO8P/c1-3-5-7-9-11-12-13-14-15-16-17-18-19-20-21-22-23-24-25-26-27-29-31-33-40(43)49-38(37-48-50(44,45)47-35-34-41)36-46-39(42)32-30-28-10-8-6-4-2/h13-14,16-17,19-20,38H,3-12,15,18,21-37,41H2,1-2H3,(H,44,45)/b14-13-,17-16-,20-19-. The Kier molecular flexibility index (Phi) is 35.7. The summed E-state index contributed by atoms with van der Waals surface area (Å²) in [5.74, 6) is -0.847. The third-order valence-corrected chi connectivity index (χ3v) is 9.26. The number of hydrogen-bond acceptors (Lipinski definition) is 8. The summed E-state index contributed by atoms with van der Waals surface area (Å²) >= 11 is 0. The minimum absolute atomic E-state index is 0.0519. The van der Waals surface area contributed by atoms with Gasteiger partial charge in [-0.2, -0.15) is 0 Å². The van der Waals surface area contributed by atoms with Crippen LogP contribution in [-0.2, 0) is 32.7 Å². The molecule has 10 heteroatoms. The van der Waals surface area contributed by atoms with Crippen LogP contribution in [0.25, 0.3) is 0 Å². The zero-order chi connectivity index (χ0) is 36.8. The van der Waals surface area contributed by atoms with Crippen molar-refractivity contribution < 1.29 is 37.6 Å². The van der Waals surface area contributed by atoms with Crippen LogP contribution in [0.1, 0.15) is 174 Å². The van der Waals surface area contributed by atoms with E-state index in [1.165, 1.54) is 70.6 Å². The maximum absolute atomic E-state index is 12.5. The first kappa shape index (κ1) is 48.2. The van der Waals surface area contributed by atoms with Crippen LogP contribution in [0.15, 0.2) is 36.5 Å². The number of phosphoric ester groups is 1. The largest absolute Gasteiger partial charge is 0.472 e. The number of rotatable bonds is 37. The van der Waals surface area contributed by atoms with Crippen molar-refractivity contribution in [3.63, 3.8) is 0 Å². The van der Waals surface area contributed by atoms with E-state index in [0.717, 1.165) is 70.6 Å². The summed E-state index contributed by atoms with van der Waals surface area (Å²) in [6, 6.07) is 0. The Hall–Kier alpha value is -1.77. The number of nitrogens with two attached hydrogens (primary N) is 1. The Balaban J connectivity index is 4.04. The molecule has 9 nitrogen and oxygen atoms in total. The van der Waals surface area contributed by atoms with Gasteiger partial charge in [-0.1, -0.05) is 147 Å². The average Bonchev–Trinajstić information content (AvgIpc) is 3.10. The number of allylic oxidation sites excluding steroid dienone is 6. The molecule has 0 aromatic rings. The molecule has 0 saturated carbocycles. The number of hydrogen-bond donors (Lipinski definition) is 2. The molecule has 0 heterocycles. The molecule has 0 fully saturated rings. The Labute approximate surface area is 305 Å². The van der Waals surface area contributed by atoms with E-state index in [4.69, 9.17) is 24.3 Å². The Morgan fingerprint density at radius 3 is 1.54 bits per heavy atom. The molecule has 2 atom stereocenters. The molecule has 0 spiro atoms. The molecule has 0 aromatic carbocycles. The summed E-state index contributed by atoms with van der Waals surface area (Å²) in [5.41, 5.74) is 5.32. The van der Waals surface area contributed by atoms with Gasteiger partial charge < -0.3 is 20.1 Å². The summed E-state index contributed by atoms with van der Waals surface area (Å²) in [4.78, 5) is 34.5. The van der Waals surface area contributed by atoms with Crippen LogP contribution < -0.4 is 5.73 Å². The van der Waals surface area contributed by atoms with Crippen molar-refractivity contribution in [2.75, 3.05) is 26.4 Å². The molecule has 0 aliphatic rings. The van der Waals surface area contributed by atoms with Gasteiger partial charge in [-0.3, -0.25) is 18.6 Å². The van der Waals surface area contributed by atoms with Gasteiger partial charge in [0.1, 0.15) is 6.61 Å². The lowest BCUT2D eigenvalue weighted by Crippen LogP contribution is -2.29. The molecule has 0 bridgehead atoms. The van der Waals surface area contributed by atoms with E-state index in [1.807, 2.05) is 0 Å². The smallest absolute Gasteiger partial charge is 0.462 e. The molecule has 0 radical (unpaired) electrons. The van der Waals surface area contributed by atoms with Crippen molar-refractivity contribution >= 4 is 19.8 Å². The second-order valence-electron chi connectivity index (χ2n) is 13.2. The van der Waals surface area contributed by atoms with E-state index >= 15 is 0 Å². The molecule has 0 aliphatic carbocycles. The van der Waals surface area contributed by atoms with Crippen molar-refractivity contribution in [2.24, 2.45) is 5.73 Å². The van der Waals surface area contributed by atoms with E-state index in [-0.39, 0.29) is 32.6 Å². The van der Waals surface area contributed by atoms with E-state index in [1.54, 1.807) is 0 Å². The van der Waals surface area contributed by atoms with Gasteiger partial charge in [0.25, 0.3) is 0 Å². The number of esters is 2.